The van der Waals surface area contributed by atoms with Crippen LogP contribution in [-0.2, 0) is 4.74 Å². The maximum Gasteiger partial charge on any atom is 0.293 e. The summed E-state index contributed by atoms with van der Waals surface area (Å²) in [7, 11) is 0. The van der Waals surface area contributed by atoms with Crippen molar-refractivity contribution in [2.24, 2.45) is 0 Å². The number of nitro benzene ring substituents is 1. The third-order valence-corrected chi connectivity index (χ3v) is 5.49. The zero-order chi connectivity index (χ0) is 24.1. The molecule has 34 heavy (non-hydrogen) atoms. The fourth-order valence-corrected chi connectivity index (χ4v) is 3.78. The van der Waals surface area contributed by atoms with Crippen molar-refractivity contribution in [2.75, 3.05) is 41.8 Å². The van der Waals surface area contributed by atoms with E-state index in [0.717, 1.165) is 0 Å². The van der Waals surface area contributed by atoms with Gasteiger partial charge in [-0.1, -0.05) is 23.7 Å². The minimum absolute atomic E-state index is 0.142. The molecule has 4 rings (SSSR count). The number of carbonyl (C=O) groups is 2. The Bertz CT molecular complexity index is 1240. The first-order valence-electron chi connectivity index (χ1n) is 10.5. The maximum absolute atomic E-state index is 12.8. The van der Waals surface area contributed by atoms with Gasteiger partial charge in [0, 0.05) is 46.7 Å². The van der Waals surface area contributed by atoms with Crippen LogP contribution in [0.15, 0.2) is 66.7 Å². The maximum atomic E-state index is 12.8. The Morgan fingerprint density at radius 1 is 0.882 bits per heavy atom. The van der Waals surface area contributed by atoms with Gasteiger partial charge in [-0.05, 0) is 48.5 Å². The van der Waals surface area contributed by atoms with E-state index >= 15 is 0 Å². The van der Waals surface area contributed by atoms with Crippen molar-refractivity contribution in [1.29, 1.82) is 0 Å². The Hall–Kier alpha value is -3.95. The number of benzene rings is 3. The van der Waals surface area contributed by atoms with E-state index in [9.17, 15) is 19.7 Å². The van der Waals surface area contributed by atoms with Crippen molar-refractivity contribution >= 4 is 46.2 Å². The third-order valence-electron chi connectivity index (χ3n) is 5.25. The molecule has 2 amide bonds. The number of hydrogen-bond acceptors (Lipinski definition) is 6. The number of anilines is 3. The molecule has 10 heteroatoms. The number of halogens is 1. The number of nitrogens with zero attached hydrogens (tertiary/aromatic N) is 2. The van der Waals surface area contributed by atoms with Gasteiger partial charge in [0.2, 0.25) is 0 Å². The van der Waals surface area contributed by atoms with Crippen molar-refractivity contribution < 1.29 is 19.2 Å². The summed E-state index contributed by atoms with van der Waals surface area (Å²) in [5.74, 6) is -0.852. The molecule has 3 aromatic carbocycles. The quantitative estimate of drug-likeness (QED) is 0.394. The largest absolute Gasteiger partial charge is 0.378 e. The third kappa shape index (κ3) is 5.51. The molecule has 0 bridgehead atoms. The zero-order valence-corrected chi connectivity index (χ0v) is 18.7. The fourth-order valence-electron chi connectivity index (χ4n) is 3.59. The molecule has 0 aromatic heterocycles. The normalized spacial score (nSPS) is 13.3. The SMILES string of the molecule is O=C(Nc1cccc(NC(=O)c2ccc(N3CCOCC3)c([N+](=O)[O-])c2)c1)c1cccc(Cl)c1. The fraction of sp³-hybridized carbons (Fsp3) is 0.167. The summed E-state index contributed by atoms with van der Waals surface area (Å²) in [5.41, 5.74) is 1.75. The van der Waals surface area contributed by atoms with Gasteiger partial charge in [-0.15, -0.1) is 0 Å². The second-order valence-corrected chi connectivity index (χ2v) is 8.00. The molecule has 0 spiro atoms. The van der Waals surface area contributed by atoms with E-state index in [2.05, 4.69) is 10.6 Å². The molecule has 0 aliphatic carbocycles. The highest BCUT2D eigenvalue weighted by Crippen LogP contribution is 2.30. The molecule has 0 radical (unpaired) electrons. The lowest BCUT2D eigenvalue weighted by molar-refractivity contribution is -0.384. The van der Waals surface area contributed by atoms with Crippen molar-refractivity contribution in [3.05, 3.63) is 93.0 Å². The summed E-state index contributed by atoms with van der Waals surface area (Å²) in [6.07, 6.45) is 0. The van der Waals surface area contributed by atoms with Crippen molar-refractivity contribution in [3.63, 3.8) is 0 Å². The van der Waals surface area contributed by atoms with Gasteiger partial charge >= 0.3 is 0 Å². The highest BCUT2D eigenvalue weighted by molar-refractivity contribution is 6.31. The number of ether oxygens (including phenoxy) is 1. The zero-order valence-electron chi connectivity index (χ0n) is 18.0. The molecule has 2 N–H and O–H groups in total. The number of nitro groups is 1. The molecule has 1 aliphatic rings. The first kappa shape index (κ1) is 23.2. The highest BCUT2D eigenvalue weighted by Gasteiger charge is 2.23. The summed E-state index contributed by atoms with van der Waals surface area (Å²) >= 11 is 5.94. The predicted molar refractivity (Wildman–Crippen MR) is 130 cm³/mol. The van der Waals surface area contributed by atoms with E-state index < -0.39 is 10.8 Å². The van der Waals surface area contributed by atoms with Crippen LogP contribution in [0.3, 0.4) is 0 Å². The average Bonchev–Trinajstić information content (AvgIpc) is 2.84. The molecule has 0 saturated carbocycles. The van der Waals surface area contributed by atoms with Crippen LogP contribution < -0.4 is 15.5 Å². The topological polar surface area (TPSA) is 114 Å². The van der Waals surface area contributed by atoms with Crippen molar-refractivity contribution in [3.8, 4) is 0 Å². The van der Waals surface area contributed by atoms with Crippen LogP contribution in [0.5, 0.6) is 0 Å². The van der Waals surface area contributed by atoms with E-state index in [1.54, 1.807) is 60.7 Å². The summed E-state index contributed by atoms with van der Waals surface area (Å²) in [5, 5.41) is 17.6. The van der Waals surface area contributed by atoms with Crippen LogP contribution in [0.25, 0.3) is 0 Å². The molecule has 0 atom stereocenters. The molecule has 1 fully saturated rings. The summed E-state index contributed by atoms with van der Waals surface area (Å²) in [6, 6.07) is 17.6. The molecule has 3 aromatic rings. The van der Waals surface area contributed by atoms with E-state index in [-0.39, 0.29) is 17.2 Å². The summed E-state index contributed by atoms with van der Waals surface area (Å²) in [4.78, 5) is 38.3. The lowest BCUT2D eigenvalue weighted by Crippen LogP contribution is -2.36. The second-order valence-electron chi connectivity index (χ2n) is 7.56. The number of carbonyl (C=O) groups excluding carboxylic acids is 2. The monoisotopic (exact) mass is 480 g/mol. The van der Waals surface area contributed by atoms with Gasteiger partial charge in [0.05, 0.1) is 18.1 Å². The van der Waals surface area contributed by atoms with E-state index in [4.69, 9.17) is 16.3 Å². The minimum Gasteiger partial charge on any atom is -0.378 e. The van der Waals surface area contributed by atoms with Crippen molar-refractivity contribution in [1.82, 2.24) is 0 Å². The van der Waals surface area contributed by atoms with Crippen LogP contribution in [0, 0.1) is 10.1 Å². The van der Waals surface area contributed by atoms with Gasteiger partial charge in [0.15, 0.2) is 0 Å². The number of morpholine rings is 1. The van der Waals surface area contributed by atoms with Crippen LogP contribution in [0.2, 0.25) is 5.02 Å². The van der Waals surface area contributed by atoms with Crippen LogP contribution in [-0.4, -0.2) is 43.0 Å². The lowest BCUT2D eigenvalue weighted by atomic mass is 10.1. The van der Waals surface area contributed by atoms with Gasteiger partial charge in [-0.2, -0.15) is 0 Å². The molecule has 0 unspecified atom stereocenters. The molecular weight excluding hydrogens is 460 g/mol. The Morgan fingerprint density at radius 2 is 1.50 bits per heavy atom. The first-order valence-corrected chi connectivity index (χ1v) is 10.9. The summed E-state index contributed by atoms with van der Waals surface area (Å²) in [6.45, 7) is 2.06. The number of hydrogen-bond donors (Lipinski definition) is 2. The Kier molecular flexibility index (Phi) is 7.05. The Balaban J connectivity index is 1.49. The molecule has 1 saturated heterocycles. The predicted octanol–water partition coefficient (Wildman–Crippen LogP) is 4.59. The Morgan fingerprint density at radius 3 is 2.12 bits per heavy atom. The first-order chi connectivity index (χ1) is 16.4. The minimum atomic E-state index is -0.505. The van der Waals surface area contributed by atoms with Gasteiger partial charge in [0.1, 0.15) is 5.69 Å². The van der Waals surface area contributed by atoms with Crippen LogP contribution >= 0.6 is 11.6 Å². The number of nitrogens with one attached hydrogen (secondary N) is 2. The Labute approximate surface area is 200 Å². The second kappa shape index (κ2) is 10.3. The smallest absolute Gasteiger partial charge is 0.293 e. The number of rotatable bonds is 6. The average molecular weight is 481 g/mol. The molecule has 1 heterocycles. The van der Waals surface area contributed by atoms with Crippen LogP contribution in [0.4, 0.5) is 22.7 Å². The van der Waals surface area contributed by atoms with E-state index in [0.29, 0.717) is 54.0 Å². The van der Waals surface area contributed by atoms with Gasteiger partial charge < -0.3 is 20.3 Å². The van der Waals surface area contributed by atoms with Gasteiger partial charge in [-0.3, -0.25) is 19.7 Å². The van der Waals surface area contributed by atoms with E-state index in [1.807, 2.05) is 4.90 Å². The standard InChI is InChI=1S/C24H21ClN4O5/c25-18-4-1-3-16(13-18)23(30)26-19-5-2-6-20(15-19)27-24(31)17-7-8-21(22(14-17)29(32)33)28-9-11-34-12-10-28/h1-8,13-15H,9-12H2,(H,26,30)(H,27,31). The molecule has 9 nitrogen and oxygen atoms in total. The molecule has 1 aliphatic heterocycles. The lowest BCUT2D eigenvalue weighted by Gasteiger charge is -2.28. The number of amides is 2. The molecule has 174 valence electrons. The summed E-state index contributed by atoms with van der Waals surface area (Å²) < 4.78 is 5.31. The van der Waals surface area contributed by atoms with Crippen LogP contribution in [0.1, 0.15) is 20.7 Å². The molecular formula is C24H21ClN4O5. The van der Waals surface area contributed by atoms with Crippen molar-refractivity contribution in [2.45, 2.75) is 0 Å². The van der Waals surface area contributed by atoms with E-state index in [1.165, 1.54) is 6.07 Å². The highest BCUT2D eigenvalue weighted by atomic mass is 35.5. The van der Waals surface area contributed by atoms with Gasteiger partial charge in [0.25, 0.3) is 17.5 Å². The van der Waals surface area contributed by atoms with Gasteiger partial charge in [-0.25, -0.2) is 0 Å².